The molecule has 1 saturated heterocycles. The molecule has 9 heteroatoms. The molecule has 2 amide bonds. The number of aromatic nitrogens is 3. The number of carbonyl (C=O) groups is 2. The van der Waals surface area contributed by atoms with Gasteiger partial charge < -0.3 is 15.0 Å². The van der Waals surface area contributed by atoms with E-state index in [4.69, 9.17) is 9.72 Å². The fourth-order valence-corrected chi connectivity index (χ4v) is 4.77. The van der Waals surface area contributed by atoms with Crippen LogP contribution in [0.15, 0.2) is 66.0 Å². The number of nitrogens with one attached hydrogen (secondary N) is 1. The minimum absolute atomic E-state index is 0.0921. The van der Waals surface area contributed by atoms with E-state index in [9.17, 15) is 9.59 Å². The average Bonchev–Trinajstić information content (AvgIpc) is 3.58. The van der Waals surface area contributed by atoms with Gasteiger partial charge in [-0.1, -0.05) is 36.4 Å². The Balaban J connectivity index is 1.33. The summed E-state index contributed by atoms with van der Waals surface area (Å²) in [6.45, 7) is 2.17. The summed E-state index contributed by atoms with van der Waals surface area (Å²) in [4.78, 5) is 32.1. The third-order valence-electron chi connectivity index (χ3n) is 5.69. The first-order chi connectivity index (χ1) is 16.5. The van der Waals surface area contributed by atoms with Gasteiger partial charge in [-0.05, 0) is 19.1 Å². The third-order valence-corrected chi connectivity index (χ3v) is 6.50. The fraction of sp³-hybridized carbons (Fsp3) is 0.200. The largest absolute Gasteiger partial charge is 0.497 e. The molecule has 2 aromatic heterocycles. The second kappa shape index (κ2) is 9.11. The lowest BCUT2D eigenvalue weighted by molar-refractivity contribution is -0.122. The molecule has 3 heterocycles. The van der Waals surface area contributed by atoms with Crippen molar-refractivity contribution in [3.63, 3.8) is 0 Å². The predicted octanol–water partition coefficient (Wildman–Crippen LogP) is 4.30. The summed E-state index contributed by atoms with van der Waals surface area (Å²) in [7, 11) is 1.58. The summed E-state index contributed by atoms with van der Waals surface area (Å²) >= 11 is 1.45. The average molecular weight is 474 g/mol. The monoisotopic (exact) mass is 473 g/mol. The van der Waals surface area contributed by atoms with Crippen molar-refractivity contribution in [1.82, 2.24) is 14.8 Å². The number of anilines is 2. The van der Waals surface area contributed by atoms with Crippen LogP contribution >= 0.6 is 11.3 Å². The molecule has 0 unspecified atom stereocenters. The predicted molar refractivity (Wildman–Crippen MR) is 131 cm³/mol. The topological polar surface area (TPSA) is 89.3 Å². The zero-order chi connectivity index (χ0) is 23.7. The van der Waals surface area contributed by atoms with E-state index >= 15 is 0 Å². The van der Waals surface area contributed by atoms with E-state index in [1.807, 2.05) is 60.8 Å². The van der Waals surface area contributed by atoms with Crippen LogP contribution in [0.3, 0.4) is 0 Å². The van der Waals surface area contributed by atoms with Gasteiger partial charge in [-0.2, -0.15) is 9.78 Å². The van der Waals surface area contributed by atoms with Gasteiger partial charge in [0.2, 0.25) is 16.9 Å². The Hall–Kier alpha value is -3.98. The van der Waals surface area contributed by atoms with Crippen LogP contribution in [-0.4, -0.2) is 40.2 Å². The number of aryl methyl sites for hydroxylation is 1. The van der Waals surface area contributed by atoms with Crippen LogP contribution < -0.4 is 15.0 Å². The van der Waals surface area contributed by atoms with Crippen molar-refractivity contribution >= 4 is 34.7 Å². The zero-order valence-electron chi connectivity index (χ0n) is 18.8. The first-order valence-corrected chi connectivity index (χ1v) is 11.7. The summed E-state index contributed by atoms with van der Waals surface area (Å²) < 4.78 is 6.90. The van der Waals surface area contributed by atoms with Crippen LogP contribution in [0.5, 0.6) is 5.75 Å². The van der Waals surface area contributed by atoms with E-state index in [1.165, 1.54) is 11.3 Å². The van der Waals surface area contributed by atoms with Crippen LogP contribution in [-0.2, 0) is 9.59 Å². The van der Waals surface area contributed by atoms with Crippen molar-refractivity contribution in [2.75, 3.05) is 23.9 Å². The van der Waals surface area contributed by atoms with Gasteiger partial charge >= 0.3 is 0 Å². The summed E-state index contributed by atoms with van der Waals surface area (Å²) in [6.07, 6.45) is 0.144. The van der Waals surface area contributed by atoms with Crippen LogP contribution in [0, 0.1) is 12.8 Å². The van der Waals surface area contributed by atoms with Gasteiger partial charge in [0.1, 0.15) is 11.6 Å². The molecule has 1 N–H and O–H groups in total. The van der Waals surface area contributed by atoms with E-state index in [2.05, 4.69) is 10.4 Å². The molecule has 1 aliphatic rings. The van der Waals surface area contributed by atoms with Crippen molar-refractivity contribution < 1.29 is 14.3 Å². The lowest BCUT2D eigenvalue weighted by Gasteiger charge is -2.17. The van der Waals surface area contributed by atoms with E-state index in [-0.39, 0.29) is 18.2 Å². The molecule has 0 saturated carbocycles. The number of hydrogen-bond acceptors (Lipinski definition) is 6. The molecule has 4 aromatic rings. The zero-order valence-corrected chi connectivity index (χ0v) is 19.6. The van der Waals surface area contributed by atoms with E-state index in [1.54, 1.807) is 28.8 Å². The van der Waals surface area contributed by atoms with E-state index < -0.39 is 5.92 Å². The van der Waals surface area contributed by atoms with Crippen LogP contribution in [0.1, 0.15) is 12.1 Å². The minimum atomic E-state index is -0.474. The molecule has 172 valence electrons. The maximum atomic E-state index is 13.1. The van der Waals surface area contributed by atoms with Crippen molar-refractivity contribution in [3.8, 4) is 22.1 Å². The molecule has 34 heavy (non-hydrogen) atoms. The molecule has 8 nitrogen and oxygen atoms in total. The number of carbonyl (C=O) groups excluding carboxylic acids is 2. The van der Waals surface area contributed by atoms with E-state index in [0.717, 1.165) is 22.6 Å². The summed E-state index contributed by atoms with van der Waals surface area (Å²) in [5.74, 6) is 0.406. The molecular weight excluding hydrogens is 450 g/mol. The molecule has 1 aliphatic heterocycles. The first-order valence-electron chi connectivity index (χ1n) is 10.8. The number of thiazole rings is 1. The highest BCUT2D eigenvalue weighted by Gasteiger charge is 2.35. The summed E-state index contributed by atoms with van der Waals surface area (Å²) in [5.41, 5.74) is 3.34. The second-order valence-corrected chi connectivity index (χ2v) is 8.90. The number of ether oxygens (including phenoxy) is 1. The van der Waals surface area contributed by atoms with Gasteiger partial charge in [0, 0.05) is 41.7 Å². The Morgan fingerprint density at radius 2 is 1.97 bits per heavy atom. The number of benzene rings is 2. The van der Waals surface area contributed by atoms with Gasteiger partial charge in [0.25, 0.3) is 0 Å². The van der Waals surface area contributed by atoms with Crippen LogP contribution in [0.2, 0.25) is 0 Å². The Morgan fingerprint density at radius 3 is 2.76 bits per heavy atom. The Bertz CT molecular complexity index is 1350. The van der Waals surface area contributed by atoms with Gasteiger partial charge in [0.15, 0.2) is 0 Å². The van der Waals surface area contributed by atoms with Crippen molar-refractivity contribution in [2.24, 2.45) is 5.92 Å². The van der Waals surface area contributed by atoms with Crippen molar-refractivity contribution in [1.29, 1.82) is 0 Å². The Kier molecular flexibility index (Phi) is 5.85. The smallest absolute Gasteiger partial charge is 0.230 e. The lowest BCUT2D eigenvalue weighted by Crippen LogP contribution is -2.28. The Labute approximate surface area is 200 Å². The third kappa shape index (κ3) is 4.29. The molecule has 0 aliphatic carbocycles. The summed E-state index contributed by atoms with van der Waals surface area (Å²) in [6, 6.07) is 19.0. The number of amides is 2. The highest BCUT2D eigenvalue weighted by molar-refractivity contribution is 7.12. The standard InChI is InChI=1S/C25H23N5O3S/c1-16-11-22(30(28-16)25-26-21(15-34-25)17-7-4-3-5-8-17)27-24(32)18-12-23(31)29(14-18)19-9-6-10-20(13-19)33-2/h3-11,13,15,18H,12,14H2,1-2H3,(H,27,32)/t18-/m0/s1. The second-order valence-electron chi connectivity index (χ2n) is 8.06. The number of hydrogen-bond donors (Lipinski definition) is 1. The minimum Gasteiger partial charge on any atom is -0.497 e. The molecule has 0 bridgehead atoms. The summed E-state index contributed by atoms with van der Waals surface area (Å²) in [5, 5.41) is 10.1. The molecule has 1 atom stereocenters. The lowest BCUT2D eigenvalue weighted by atomic mass is 10.1. The normalized spacial score (nSPS) is 15.5. The first kappa shape index (κ1) is 21.8. The van der Waals surface area contributed by atoms with Gasteiger partial charge in [-0.25, -0.2) is 4.98 Å². The van der Waals surface area contributed by atoms with Gasteiger partial charge in [-0.15, -0.1) is 11.3 Å². The maximum Gasteiger partial charge on any atom is 0.230 e. The molecule has 2 aromatic carbocycles. The molecular formula is C25H23N5O3S. The number of rotatable bonds is 6. The molecule has 0 spiro atoms. The fourth-order valence-electron chi connectivity index (χ4n) is 3.98. The highest BCUT2D eigenvalue weighted by Crippen LogP contribution is 2.30. The van der Waals surface area contributed by atoms with Crippen LogP contribution in [0.25, 0.3) is 16.4 Å². The van der Waals surface area contributed by atoms with Gasteiger partial charge in [-0.3, -0.25) is 9.59 Å². The highest BCUT2D eigenvalue weighted by atomic mass is 32.1. The van der Waals surface area contributed by atoms with Crippen molar-refractivity contribution in [2.45, 2.75) is 13.3 Å². The quantitative estimate of drug-likeness (QED) is 0.451. The van der Waals surface area contributed by atoms with Gasteiger partial charge in [0.05, 0.1) is 24.4 Å². The number of methoxy groups -OCH3 is 1. The molecule has 1 fully saturated rings. The SMILES string of the molecule is COc1cccc(N2C[C@@H](C(=O)Nc3cc(C)nn3-c3nc(-c4ccccc4)cs3)CC2=O)c1. The van der Waals surface area contributed by atoms with Crippen LogP contribution in [0.4, 0.5) is 11.5 Å². The number of nitrogens with zero attached hydrogens (tertiary/aromatic N) is 4. The maximum absolute atomic E-state index is 13.1. The molecule has 0 radical (unpaired) electrons. The molecule has 5 rings (SSSR count). The Morgan fingerprint density at radius 1 is 1.15 bits per heavy atom. The van der Waals surface area contributed by atoms with Crippen molar-refractivity contribution in [3.05, 3.63) is 71.7 Å². The van der Waals surface area contributed by atoms with E-state index in [0.29, 0.717) is 23.2 Å².